The molecule has 150 valence electrons. The molecule has 0 N–H and O–H groups in total. The standard InChI is InChI=1S/C25H27NO3/c1-15-7-10-18(11-8-15)23-17(3)22(19-13-16(2)9-12-20(19)26-23)24(28)29-14-21(27)25(4,5)6/h7-13H,14H2,1-6H3. The number of carbonyl (C=O) groups excluding carboxylic acids is 2. The number of nitrogens with zero attached hydrogens (tertiary/aromatic N) is 1. The molecule has 0 radical (unpaired) electrons. The van der Waals surface area contributed by atoms with Crippen LogP contribution in [-0.4, -0.2) is 23.3 Å². The third kappa shape index (κ3) is 4.37. The summed E-state index contributed by atoms with van der Waals surface area (Å²) in [4.78, 5) is 30.1. The number of pyridine rings is 1. The third-order valence-corrected chi connectivity index (χ3v) is 5.08. The summed E-state index contributed by atoms with van der Waals surface area (Å²) in [5.74, 6) is -0.608. The van der Waals surface area contributed by atoms with E-state index in [2.05, 4.69) is 0 Å². The van der Waals surface area contributed by atoms with Crippen LogP contribution in [-0.2, 0) is 9.53 Å². The van der Waals surface area contributed by atoms with Crippen molar-refractivity contribution in [3.63, 3.8) is 0 Å². The van der Waals surface area contributed by atoms with Crippen LogP contribution in [0.25, 0.3) is 22.2 Å². The first-order chi connectivity index (χ1) is 13.6. The second kappa shape index (κ2) is 7.78. The molecule has 1 aromatic heterocycles. The Balaban J connectivity index is 2.12. The number of benzene rings is 2. The van der Waals surface area contributed by atoms with E-state index in [-0.39, 0.29) is 12.4 Å². The fourth-order valence-electron chi connectivity index (χ4n) is 3.15. The molecule has 0 aliphatic heterocycles. The number of aromatic nitrogens is 1. The predicted octanol–water partition coefficient (Wildman–Crippen LogP) is 5.60. The number of hydrogen-bond acceptors (Lipinski definition) is 4. The molecule has 4 nitrogen and oxygen atoms in total. The smallest absolute Gasteiger partial charge is 0.339 e. The van der Waals surface area contributed by atoms with Gasteiger partial charge in [0, 0.05) is 16.4 Å². The summed E-state index contributed by atoms with van der Waals surface area (Å²) in [6.45, 7) is 11.1. The molecule has 3 rings (SSSR count). The molecule has 0 bridgehead atoms. The fraction of sp³-hybridized carbons (Fsp3) is 0.320. The Bertz CT molecular complexity index is 1090. The van der Waals surface area contributed by atoms with Crippen molar-refractivity contribution in [3.05, 3.63) is 64.7 Å². The van der Waals surface area contributed by atoms with Crippen molar-refractivity contribution >= 4 is 22.7 Å². The zero-order chi connectivity index (χ0) is 21.3. The summed E-state index contributed by atoms with van der Waals surface area (Å²) < 4.78 is 5.44. The van der Waals surface area contributed by atoms with Gasteiger partial charge in [-0.15, -0.1) is 0 Å². The van der Waals surface area contributed by atoms with E-state index >= 15 is 0 Å². The van der Waals surface area contributed by atoms with E-state index < -0.39 is 11.4 Å². The van der Waals surface area contributed by atoms with Crippen molar-refractivity contribution in [1.82, 2.24) is 4.98 Å². The van der Waals surface area contributed by atoms with Gasteiger partial charge in [-0.3, -0.25) is 4.79 Å². The molecule has 0 atom stereocenters. The highest BCUT2D eigenvalue weighted by Crippen LogP contribution is 2.31. The van der Waals surface area contributed by atoms with Gasteiger partial charge in [0.1, 0.15) is 0 Å². The largest absolute Gasteiger partial charge is 0.454 e. The van der Waals surface area contributed by atoms with E-state index in [4.69, 9.17) is 9.72 Å². The van der Waals surface area contributed by atoms with Crippen LogP contribution in [0, 0.1) is 26.2 Å². The molecule has 0 fully saturated rings. The van der Waals surface area contributed by atoms with Gasteiger partial charge in [0.2, 0.25) is 0 Å². The number of fused-ring (bicyclic) bond motifs is 1. The highest BCUT2D eigenvalue weighted by molar-refractivity contribution is 6.07. The molecular formula is C25H27NO3. The van der Waals surface area contributed by atoms with Crippen LogP contribution in [0.1, 0.15) is 47.8 Å². The summed E-state index contributed by atoms with van der Waals surface area (Å²) in [6, 6.07) is 13.9. The van der Waals surface area contributed by atoms with Crippen LogP contribution >= 0.6 is 0 Å². The van der Waals surface area contributed by atoms with Crippen LogP contribution in [0.4, 0.5) is 0 Å². The van der Waals surface area contributed by atoms with Gasteiger partial charge in [0.25, 0.3) is 0 Å². The number of ether oxygens (including phenoxy) is 1. The molecule has 0 aliphatic rings. The first-order valence-corrected chi connectivity index (χ1v) is 9.76. The summed E-state index contributed by atoms with van der Waals surface area (Å²) >= 11 is 0. The van der Waals surface area contributed by atoms with Crippen LogP contribution in [0.5, 0.6) is 0 Å². The zero-order valence-electron chi connectivity index (χ0n) is 17.9. The van der Waals surface area contributed by atoms with Crippen molar-refractivity contribution in [2.24, 2.45) is 5.41 Å². The molecule has 29 heavy (non-hydrogen) atoms. The average Bonchev–Trinajstić information content (AvgIpc) is 2.65. The maximum atomic E-state index is 13.1. The molecule has 0 unspecified atom stereocenters. The Hall–Kier alpha value is -3.01. The topological polar surface area (TPSA) is 56.3 Å². The van der Waals surface area contributed by atoms with E-state index in [1.807, 2.05) is 84.0 Å². The Morgan fingerprint density at radius 2 is 1.55 bits per heavy atom. The van der Waals surface area contributed by atoms with Gasteiger partial charge < -0.3 is 4.74 Å². The van der Waals surface area contributed by atoms with E-state index in [0.717, 1.165) is 38.9 Å². The van der Waals surface area contributed by atoms with Gasteiger partial charge >= 0.3 is 5.97 Å². The van der Waals surface area contributed by atoms with Crippen LogP contribution in [0.15, 0.2) is 42.5 Å². The van der Waals surface area contributed by atoms with E-state index in [0.29, 0.717) is 5.56 Å². The lowest BCUT2D eigenvalue weighted by molar-refractivity contribution is -0.129. The second-order valence-electron chi connectivity index (χ2n) is 8.60. The quantitative estimate of drug-likeness (QED) is 0.545. The molecule has 2 aromatic carbocycles. The van der Waals surface area contributed by atoms with Crippen molar-refractivity contribution in [3.8, 4) is 11.3 Å². The molecule has 0 spiro atoms. The molecule has 1 heterocycles. The summed E-state index contributed by atoms with van der Waals surface area (Å²) in [7, 11) is 0. The lowest BCUT2D eigenvalue weighted by atomic mass is 9.91. The lowest BCUT2D eigenvalue weighted by Crippen LogP contribution is -2.26. The third-order valence-electron chi connectivity index (χ3n) is 5.08. The number of Topliss-reactive ketones (excluding diaryl/α,β-unsaturated/α-hetero) is 1. The minimum Gasteiger partial charge on any atom is -0.454 e. The molecule has 4 heteroatoms. The maximum absolute atomic E-state index is 13.1. The number of aryl methyl sites for hydroxylation is 2. The Labute approximate surface area is 171 Å². The molecule has 0 saturated carbocycles. The van der Waals surface area contributed by atoms with Gasteiger partial charge in [0.05, 0.1) is 16.8 Å². The van der Waals surface area contributed by atoms with Crippen LogP contribution < -0.4 is 0 Å². The van der Waals surface area contributed by atoms with Crippen molar-refractivity contribution in [2.45, 2.75) is 41.5 Å². The second-order valence-corrected chi connectivity index (χ2v) is 8.60. The zero-order valence-corrected chi connectivity index (χ0v) is 17.9. The maximum Gasteiger partial charge on any atom is 0.339 e. The van der Waals surface area contributed by atoms with Crippen molar-refractivity contribution in [2.75, 3.05) is 6.61 Å². The van der Waals surface area contributed by atoms with Gasteiger partial charge in [-0.05, 0) is 38.5 Å². The molecule has 0 aliphatic carbocycles. The number of rotatable bonds is 4. The summed E-state index contributed by atoms with van der Waals surface area (Å²) in [5, 5.41) is 0.742. The first kappa shape index (κ1) is 20.7. The van der Waals surface area contributed by atoms with Gasteiger partial charge in [-0.1, -0.05) is 62.2 Å². The minimum absolute atomic E-state index is 0.114. The Morgan fingerprint density at radius 1 is 0.931 bits per heavy atom. The van der Waals surface area contributed by atoms with Crippen molar-refractivity contribution in [1.29, 1.82) is 0 Å². The van der Waals surface area contributed by atoms with Gasteiger partial charge in [-0.25, -0.2) is 9.78 Å². The number of ketones is 1. The van der Waals surface area contributed by atoms with E-state index in [9.17, 15) is 9.59 Å². The van der Waals surface area contributed by atoms with Crippen LogP contribution in [0.2, 0.25) is 0 Å². The number of esters is 1. The van der Waals surface area contributed by atoms with Crippen molar-refractivity contribution < 1.29 is 14.3 Å². The normalized spacial score (nSPS) is 11.5. The van der Waals surface area contributed by atoms with Crippen LogP contribution in [0.3, 0.4) is 0 Å². The Kier molecular flexibility index (Phi) is 5.56. The average molecular weight is 389 g/mol. The van der Waals surface area contributed by atoms with E-state index in [1.54, 1.807) is 0 Å². The molecular weight excluding hydrogens is 362 g/mol. The lowest BCUT2D eigenvalue weighted by Gasteiger charge is -2.18. The molecule has 0 saturated heterocycles. The van der Waals surface area contributed by atoms with Gasteiger partial charge in [-0.2, -0.15) is 0 Å². The number of hydrogen-bond donors (Lipinski definition) is 0. The SMILES string of the molecule is Cc1ccc(-c2nc3ccc(C)cc3c(C(=O)OCC(=O)C(C)(C)C)c2C)cc1. The fourth-order valence-corrected chi connectivity index (χ4v) is 3.15. The predicted molar refractivity (Wildman–Crippen MR) is 116 cm³/mol. The number of carbonyl (C=O) groups is 2. The van der Waals surface area contributed by atoms with Gasteiger partial charge in [0.15, 0.2) is 12.4 Å². The Morgan fingerprint density at radius 3 is 2.17 bits per heavy atom. The molecule has 0 amide bonds. The minimum atomic E-state index is -0.556. The summed E-state index contributed by atoms with van der Waals surface area (Å²) in [6.07, 6.45) is 0. The highest BCUT2D eigenvalue weighted by atomic mass is 16.5. The monoisotopic (exact) mass is 389 g/mol. The van der Waals surface area contributed by atoms with E-state index in [1.165, 1.54) is 0 Å². The summed E-state index contributed by atoms with van der Waals surface area (Å²) in [5.41, 5.74) is 5.26. The highest BCUT2D eigenvalue weighted by Gasteiger charge is 2.25. The first-order valence-electron chi connectivity index (χ1n) is 9.76. The molecule has 3 aromatic rings.